The summed E-state index contributed by atoms with van der Waals surface area (Å²) in [6.07, 6.45) is 0.828. The van der Waals surface area contributed by atoms with Gasteiger partial charge in [-0.3, -0.25) is 9.59 Å². The Hall–Kier alpha value is -2.63. The molecular formula is C20H26N2O4. The maximum absolute atomic E-state index is 12.9. The van der Waals surface area contributed by atoms with Gasteiger partial charge in [0.05, 0.1) is 5.69 Å². The zero-order valence-corrected chi connectivity index (χ0v) is 15.6. The highest BCUT2D eigenvalue weighted by Gasteiger charge is 2.22. The number of carboxylic acid groups (broad SMARTS) is 1. The van der Waals surface area contributed by atoms with E-state index in [0.29, 0.717) is 25.9 Å². The first-order chi connectivity index (χ1) is 12.4. The van der Waals surface area contributed by atoms with Gasteiger partial charge >= 0.3 is 5.97 Å². The summed E-state index contributed by atoms with van der Waals surface area (Å²) in [5.41, 5.74) is 2.81. The van der Waals surface area contributed by atoms with Crippen molar-refractivity contribution in [2.75, 3.05) is 6.54 Å². The van der Waals surface area contributed by atoms with Gasteiger partial charge in [-0.05, 0) is 31.7 Å². The predicted molar refractivity (Wildman–Crippen MR) is 97.7 cm³/mol. The zero-order valence-electron chi connectivity index (χ0n) is 15.6. The molecule has 0 saturated carbocycles. The number of aliphatic carboxylic acids is 1. The SMILES string of the molecule is Cc1noc(C)c1C(C)CC(=O)N(CCCC(=O)O)Cc1ccccc1. The Labute approximate surface area is 153 Å². The van der Waals surface area contributed by atoms with Crippen LogP contribution in [0.5, 0.6) is 0 Å². The molecule has 0 aliphatic heterocycles. The van der Waals surface area contributed by atoms with Gasteiger partial charge < -0.3 is 14.5 Å². The molecule has 0 fully saturated rings. The van der Waals surface area contributed by atoms with Crippen LogP contribution in [-0.2, 0) is 16.1 Å². The first kappa shape index (κ1) is 19.7. The number of carboxylic acids is 1. The number of rotatable bonds is 9. The van der Waals surface area contributed by atoms with Crippen LogP contribution in [0.4, 0.5) is 0 Å². The fourth-order valence-electron chi connectivity index (χ4n) is 3.20. The quantitative estimate of drug-likeness (QED) is 0.739. The lowest BCUT2D eigenvalue weighted by molar-refractivity contribution is -0.138. The number of aromatic nitrogens is 1. The standard InChI is InChI=1S/C20H26N2O4/c1-14(20-15(2)21-26-16(20)3)12-18(23)22(11-7-10-19(24)25)13-17-8-5-4-6-9-17/h4-6,8-9,14H,7,10-13H2,1-3H3,(H,24,25). The van der Waals surface area contributed by atoms with Gasteiger partial charge in [0.15, 0.2) is 0 Å². The minimum absolute atomic E-state index is 0.00624. The average Bonchev–Trinajstić information content (AvgIpc) is 2.93. The van der Waals surface area contributed by atoms with Gasteiger partial charge in [0.2, 0.25) is 5.91 Å². The van der Waals surface area contributed by atoms with E-state index in [-0.39, 0.29) is 18.2 Å². The normalized spacial score (nSPS) is 12.0. The van der Waals surface area contributed by atoms with Crippen molar-refractivity contribution in [3.8, 4) is 0 Å². The molecule has 0 spiro atoms. The average molecular weight is 358 g/mol. The molecule has 2 aromatic rings. The van der Waals surface area contributed by atoms with Crippen LogP contribution in [0.3, 0.4) is 0 Å². The van der Waals surface area contributed by atoms with Gasteiger partial charge in [0.1, 0.15) is 5.76 Å². The van der Waals surface area contributed by atoms with Crippen molar-refractivity contribution in [2.24, 2.45) is 0 Å². The van der Waals surface area contributed by atoms with Crippen molar-refractivity contribution in [3.05, 3.63) is 52.9 Å². The van der Waals surface area contributed by atoms with Gasteiger partial charge in [-0.2, -0.15) is 0 Å². The Kier molecular flexibility index (Phi) is 6.95. The number of amides is 1. The number of benzene rings is 1. The van der Waals surface area contributed by atoms with Crippen LogP contribution in [0.25, 0.3) is 0 Å². The lowest BCUT2D eigenvalue weighted by atomic mass is 9.95. The monoisotopic (exact) mass is 358 g/mol. The van der Waals surface area contributed by atoms with Crippen molar-refractivity contribution in [2.45, 2.75) is 52.5 Å². The molecule has 1 atom stereocenters. The van der Waals surface area contributed by atoms with E-state index in [1.54, 1.807) is 4.90 Å². The Morgan fingerprint density at radius 3 is 2.50 bits per heavy atom. The Morgan fingerprint density at radius 1 is 1.23 bits per heavy atom. The van der Waals surface area contributed by atoms with Crippen molar-refractivity contribution >= 4 is 11.9 Å². The molecular weight excluding hydrogens is 332 g/mol. The maximum Gasteiger partial charge on any atom is 0.303 e. The molecule has 6 heteroatoms. The molecule has 1 heterocycles. The summed E-state index contributed by atoms with van der Waals surface area (Å²) < 4.78 is 5.21. The summed E-state index contributed by atoms with van der Waals surface area (Å²) in [4.78, 5) is 25.4. The third-order valence-corrected chi connectivity index (χ3v) is 4.45. The van der Waals surface area contributed by atoms with Crippen LogP contribution in [0, 0.1) is 13.8 Å². The smallest absolute Gasteiger partial charge is 0.303 e. The van der Waals surface area contributed by atoms with Crippen molar-refractivity contribution in [1.82, 2.24) is 10.1 Å². The van der Waals surface area contributed by atoms with Gasteiger partial charge in [0.25, 0.3) is 0 Å². The van der Waals surface area contributed by atoms with E-state index in [1.165, 1.54) is 0 Å². The zero-order chi connectivity index (χ0) is 19.1. The van der Waals surface area contributed by atoms with Crippen molar-refractivity contribution in [1.29, 1.82) is 0 Å². The molecule has 6 nitrogen and oxygen atoms in total. The highest BCUT2D eigenvalue weighted by Crippen LogP contribution is 2.26. The van der Waals surface area contributed by atoms with Crippen LogP contribution >= 0.6 is 0 Å². The molecule has 26 heavy (non-hydrogen) atoms. The molecule has 0 aliphatic rings. The van der Waals surface area contributed by atoms with Crippen molar-refractivity contribution < 1.29 is 19.2 Å². The molecule has 0 bridgehead atoms. The number of hydrogen-bond acceptors (Lipinski definition) is 4. The van der Waals surface area contributed by atoms with Gasteiger partial charge in [-0.15, -0.1) is 0 Å². The van der Waals surface area contributed by atoms with Crippen LogP contribution in [0.15, 0.2) is 34.9 Å². The second-order valence-corrected chi connectivity index (χ2v) is 6.64. The minimum atomic E-state index is -0.846. The van der Waals surface area contributed by atoms with Gasteiger partial charge in [-0.1, -0.05) is 42.4 Å². The summed E-state index contributed by atoms with van der Waals surface area (Å²) in [5.74, 6) is -0.109. The Balaban J connectivity index is 2.07. The minimum Gasteiger partial charge on any atom is -0.481 e. The Morgan fingerprint density at radius 2 is 1.92 bits per heavy atom. The van der Waals surface area contributed by atoms with Gasteiger partial charge in [-0.25, -0.2) is 0 Å². The molecule has 0 saturated heterocycles. The topological polar surface area (TPSA) is 83.6 Å². The molecule has 0 radical (unpaired) electrons. The first-order valence-electron chi connectivity index (χ1n) is 8.84. The largest absolute Gasteiger partial charge is 0.481 e. The van der Waals surface area contributed by atoms with Crippen LogP contribution in [0.2, 0.25) is 0 Å². The first-order valence-corrected chi connectivity index (χ1v) is 8.84. The lowest BCUT2D eigenvalue weighted by Crippen LogP contribution is -2.32. The molecule has 1 amide bonds. The summed E-state index contributed by atoms with van der Waals surface area (Å²) >= 11 is 0. The lowest BCUT2D eigenvalue weighted by Gasteiger charge is -2.24. The summed E-state index contributed by atoms with van der Waals surface area (Å²) in [5, 5.41) is 12.8. The number of carbonyl (C=O) groups excluding carboxylic acids is 1. The molecule has 1 unspecified atom stereocenters. The summed E-state index contributed by atoms with van der Waals surface area (Å²) in [6, 6.07) is 9.73. The van der Waals surface area contributed by atoms with Crippen LogP contribution < -0.4 is 0 Å². The number of nitrogens with zero attached hydrogens (tertiary/aromatic N) is 2. The fourth-order valence-corrected chi connectivity index (χ4v) is 3.20. The molecule has 140 valence electrons. The van der Waals surface area contributed by atoms with Crippen LogP contribution in [0.1, 0.15) is 54.7 Å². The molecule has 1 aromatic heterocycles. The summed E-state index contributed by atoms with van der Waals surface area (Å²) in [7, 11) is 0. The maximum atomic E-state index is 12.9. The third kappa shape index (κ3) is 5.44. The number of aryl methyl sites for hydroxylation is 2. The highest BCUT2D eigenvalue weighted by atomic mass is 16.5. The van der Waals surface area contributed by atoms with Gasteiger partial charge in [0, 0.05) is 31.5 Å². The van der Waals surface area contributed by atoms with E-state index in [9.17, 15) is 9.59 Å². The Bertz CT molecular complexity index is 720. The highest BCUT2D eigenvalue weighted by molar-refractivity contribution is 5.77. The molecule has 1 aromatic carbocycles. The number of hydrogen-bond donors (Lipinski definition) is 1. The van der Waals surface area contributed by atoms with E-state index in [2.05, 4.69) is 5.16 Å². The molecule has 1 N–H and O–H groups in total. The second-order valence-electron chi connectivity index (χ2n) is 6.64. The molecule has 2 rings (SSSR count). The number of carbonyl (C=O) groups is 2. The van der Waals surface area contributed by atoms with E-state index in [0.717, 1.165) is 22.6 Å². The van der Waals surface area contributed by atoms with E-state index < -0.39 is 5.97 Å². The fraction of sp³-hybridized carbons (Fsp3) is 0.450. The van der Waals surface area contributed by atoms with E-state index >= 15 is 0 Å². The van der Waals surface area contributed by atoms with Crippen LogP contribution in [-0.4, -0.2) is 33.6 Å². The van der Waals surface area contributed by atoms with E-state index in [4.69, 9.17) is 9.63 Å². The summed E-state index contributed by atoms with van der Waals surface area (Å²) in [6.45, 7) is 6.62. The molecule has 0 aliphatic carbocycles. The van der Waals surface area contributed by atoms with E-state index in [1.807, 2.05) is 51.1 Å². The third-order valence-electron chi connectivity index (χ3n) is 4.45. The second kappa shape index (κ2) is 9.17. The van der Waals surface area contributed by atoms with Crippen molar-refractivity contribution in [3.63, 3.8) is 0 Å². The predicted octanol–water partition coefficient (Wildman–Crippen LogP) is 3.68.